The topological polar surface area (TPSA) is 57.7 Å². The standard InChI is InChI=1S/C16H26N4O2/c1-19(2)14-6-9-20(12-14)13-16(21)18-8-4-10-22-15-5-3-7-17-11-15/h3,5,7,11,14H,4,6,8-10,12-13H2,1-2H3,(H,18,21). The third kappa shape index (κ3) is 5.61. The molecule has 6 nitrogen and oxygen atoms in total. The molecule has 1 aromatic heterocycles. The molecule has 1 aromatic rings. The first kappa shape index (κ1) is 16.7. The Morgan fingerprint density at radius 3 is 3.09 bits per heavy atom. The number of amides is 1. The zero-order valence-electron chi connectivity index (χ0n) is 13.5. The van der Waals surface area contributed by atoms with E-state index in [1.165, 1.54) is 0 Å². The van der Waals surface area contributed by atoms with E-state index in [2.05, 4.69) is 34.2 Å². The Morgan fingerprint density at radius 2 is 2.41 bits per heavy atom. The van der Waals surface area contributed by atoms with Gasteiger partial charge in [-0.3, -0.25) is 14.7 Å². The minimum Gasteiger partial charge on any atom is -0.492 e. The second-order valence-corrected chi connectivity index (χ2v) is 5.88. The monoisotopic (exact) mass is 306 g/mol. The van der Waals surface area contributed by atoms with Crippen LogP contribution in [0.25, 0.3) is 0 Å². The molecule has 0 radical (unpaired) electrons. The highest BCUT2D eigenvalue weighted by Gasteiger charge is 2.24. The molecular formula is C16H26N4O2. The van der Waals surface area contributed by atoms with Crippen molar-refractivity contribution >= 4 is 5.91 Å². The summed E-state index contributed by atoms with van der Waals surface area (Å²) in [6, 6.07) is 4.29. The summed E-state index contributed by atoms with van der Waals surface area (Å²) in [5.41, 5.74) is 0. The molecule has 0 bridgehead atoms. The number of carbonyl (C=O) groups is 1. The van der Waals surface area contributed by atoms with Gasteiger partial charge in [-0.15, -0.1) is 0 Å². The maximum atomic E-state index is 11.9. The number of aromatic nitrogens is 1. The lowest BCUT2D eigenvalue weighted by Crippen LogP contribution is -2.38. The highest BCUT2D eigenvalue weighted by Crippen LogP contribution is 2.12. The summed E-state index contributed by atoms with van der Waals surface area (Å²) in [7, 11) is 4.19. The van der Waals surface area contributed by atoms with E-state index in [1.54, 1.807) is 12.4 Å². The van der Waals surface area contributed by atoms with E-state index < -0.39 is 0 Å². The number of pyridine rings is 1. The Morgan fingerprint density at radius 1 is 1.55 bits per heavy atom. The minimum atomic E-state index is 0.0979. The zero-order chi connectivity index (χ0) is 15.8. The van der Waals surface area contributed by atoms with Gasteiger partial charge in [0.2, 0.25) is 5.91 Å². The van der Waals surface area contributed by atoms with Crippen molar-refractivity contribution in [3.8, 4) is 5.75 Å². The maximum absolute atomic E-state index is 11.9. The van der Waals surface area contributed by atoms with Crippen LogP contribution in [0.3, 0.4) is 0 Å². The fourth-order valence-corrected chi connectivity index (χ4v) is 2.56. The van der Waals surface area contributed by atoms with Crippen molar-refractivity contribution in [3.63, 3.8) is 0 Å². The van der Waals surface area contributed by atoms with Crippen molar-refractivity contribution in [3.05, 3.63) is 24.5 Å². The van der Waals surface area contributed by atoms with Crippen molar-refractivity contribution in [1.29, 1.82) is 0 Å². The van der Waals surface area contributed by atoms with Crippen LogP contribution in [0.15, 0.2) is 24.5 Å². The van der Waals surface area contributed by atoms with E-state index in [0.29, 0.717) is 25.7 Å². The third-order valence-corrected chi connectivity index (χ3v) is 3.89. The van der Waals surface area contributed by atoms with E-state index >= 15 is 0 Å². The lowest BCUT2D eigenvalue weighted by molar-refractivity contribution is -0.122. The fraction of sp³-hybridized carbons (Fsp3) is 0.625. The van der Waals surface area contributed by atoms with E-state index in [-0.39, 0.29) is 5.91 Å². The Kier molecular flexibility index (Phi) is 6.61. The summed E-state index contributed by atoms with van der Waals surface area (Å²) in [5.74, 6) is 0.862. The summed E-state index contributed by atoms with van der Waals surface area (Å²) >= 11 is 0. The Balaban J connectivity index is 1.53. The van der Waals surface area contributed by atoms with Gasteiger partial charge in [-0.1, -0.05) is 0 Å². The number of hydrogen-bond donors (Lipinski definition) is 1. The number of rotatable bonds is 8. The molecule has 1 aliphatic rings. The second-order valence-electron chi connectivity index (χ2n) is 5.88. The summed E-state index contributed by atoms with van der Waals surface area (Å²) in [4.78, 5) is 20.3. The predicted molar refractivity (Wildman–Crippen MR) is 85.9 cm³/mol. The second kappa shape index (κ2) is 8.70. The van der Waals surface area contributed by atoms with Crippen LogP contribution in [0.5, 0.6) is 5.75 Å². The van der Waals surface area contributed by atoms with Gasteiger partial charge in [0, 0.05) is 31.9 Å². The minimum absolute atomic E-state index is 0.0979. The Labute approximate surface area is 132 Å². The first-order chi connectivity index (χ1) is 10.6. The molecule has 2 heterocycles. The van der Waals surface area contributed by atoms with Crippen molar-refractivity contribution in [2.24, 2.45) is 0 Å². The Hall–Kier alpha value is -1.66. The van der Waals surface area contributed by atoms with Gasteiger partial charge in [-0.2, -0.15) is 0 Å². The van der Waals surface area contributed by atoms with Crippen LogP contribution in [-0.4, -0.2) is 73.6 Å². The number of hydrogen-bond acceptors (Lipinski definition) is 5. The Bertz CT molecular complexity index is 453. The highest BCUT2D eigenvalue weighted by atomic mass is 16.5. The number of ether oxygens (including phenoxy) is 1. The van der Waals surface area contributed by atoms with Crippen molar-refractivity contribution < 1.29 is 9.53 Å². The van der Waals surface area contributed by atoms with Crippen LogP contribution in [0.2, 0.25) is 0 Å². The lowest BCUT2D eigenvalue weighted by atomic mass is 10.2. The van der Waals surface area contributed by atoms with Crippen LogP contribution >= 0.6 is 0 Å². The molecule has 1 amide bonds. The van der Waals surface area contributed by atoms with Crippen LogP contribution in [0, 0.1) is 0 Å². The molecule has 1 N–H and O–H groups in total. The lowest BCUT2D eigenvalue weighted by Gasteiger charge is -2.20. The zero-order valence-corrected chi connectivity index (χ0v) is 13.5. The molecule has 1 atom stereocenters. The van der Waals surface area contributed by atoms with Gasteiger partial charge in [-0.25, -0.2) is 0 Å². The average Bonchev–Trinajstić information content (AvgIpc) is 2.96. The molecule has 0 saturated carbocycles. The summed E-state index contributed by atoms with van der Waals surface area (Å²) in [6.45, 7) is 3.70. The fourth-order valence-electron chi connectivity index (χ4n) is 2.56. The first-order valence-corrected chi connectivity index (χ1v) is 7.83. The van der Waals surface area contributed by atoms with Gasteiger partial charge in [-0.05, 0) is 39.1 Å². The first-order valence-electron chi connectivity index (χ1n) is 7.83. The van der Waals surface area contributed by atoms with Crippen LogP contribution < -0.4 is 10.1 Å². The highest BCUT2D eigenvalue weighted by molar-refractivity contribution is 5.78. The molecule has 0 aromatic carbocycles. The van der Waals surface area contributed by atoms with Gasteiger partial charge in [0.15, 0.2) is 0 Å². The van der Waals surface area contributed by atoms with Crippen molar-refractivity contribution in [2.75, 3.05) is 46.9 Å². The number of nitrogens with zero attached hydrogens (tertiary/aromatic N) is 3. The predicted octanol–water partition coefficient (Wildman–Crippen LogP) is 0.603. The van der Waals surface area contributed by atoms with E-state index in [0.717, 1.165) is 31.7 Å². The van der Waals surface area contributed by atoms with Gasteiger partial charge in [0.25, 0.3) is 0 Å². The number of carbonyl (C=O) groups excluding carboxylic acids is 1. The van der Waals surface area contributed by atoms with Crippen LogP contribution in [0.1, 0.15) is 12.8 Å². The average molecular weight is 306 g/mol. The molecule has 1 unspecified atom stereocenters. The third-order valence-electron chi connectivity index (χ3n) is 3.89. The van der Waals surface area contributed by atoms with E-state index in [4.69, 9.17) is 4.74 Å². The van der Waals surface area contributed by atoms with Gasteiger partial charge in [0.1, 0.15) is 5.75 Å². The number of nitrogens with one attached hydrogen (secondary N) is 1. The van der Waals surface area contributed by atoms with Crippen molar-refractivity contribution in [1.82, 2.24) is 20.1 Å². The van der Waals surface area contributed by atoms with E-state index in [9.17, 15) is 4.79 Å². The molecule has 1 fully saturated rings. The largest absolute Gasteiger partial charge is 0.492 e. The molecule has 122 valence electrons. The molecule has 2 rings (SSSR count). The maximum Gasteiger partial charge on any atom is 0.234 e. The molecule has 1 saturated heterocycles. The molecule has 22 heavy (non-hydrogen) atoms. The molecule has 0 aliphatic carbocycles. The summed E-state index contributed by atoms with van der Waals surface area (Å²) in [6.07, 6.45) is 5.33. The van der Waals surface area contributed by atoms with Gasteiger partial charge >= 0.3 is 0 Å². The SMILES string of the molecule is CN(C)C1CCN(CC(=O)NCCCOc2cccnc2)C1. The summed E-state index contributed by atoms with van der Waals surface area (Å²) < 4.78 is 5.53. The summed E-state index contributed by atoms with van der Waals surface area (Å²) in [5, 5.41) is 2.95. The van der Waals surface area contributed by atoms with Gasteiger partial charge in [0.05, 0.1) is 19.3 Å². The van der Waals surface area contributed by atoms with Crippen molar-refractivity contribution in [2.45, 2.75) is 18.9 Å². The number of likely N-dealkylation sites (tertiary alicyclic amines) is 1. The smallest absolute Gasteiger partial charge is 0.234 e. The quantitative estimate of drug-likeness (QED) is 0.713. The van der Waals surface area contributed by atoms with E-state index in [1.807, 2.05) is 12.1 Å². The molecule has 0 spiro atoms. The molecule has 6 heteroatoms. The number of likely N-dealkylation sites (N-methyl/N-ethyl adjacent to an activating group) is 1. The molecule has 1 aliphatic heterocycles. The van der Waals surface area contributed by atoms with Crippen LogP contribution in [-0.2, 0) is 4.79 Å². The molecular weight excluding hydrogens is 280 g/mol. The normalized spacial score (nSPS) is 18.6. The van der Waals surface area contributed by atoms with Gasteiger partial charge < -0.3 is 15.0 Å². The van der Waals surface area contributed by atoms with Crippen LogP contribution in [0.4, 0.5) is 0 Å².